The summed E-state index contributed by atoms with van der Waals surface area (Å²) >= 11 is 7.54. The lowest BCUT2D eigenvalue weighted by atomic mass is 10.1. The maximum atomic E-state index is 12.4. The molecule has 1 aromatic heterocycles. The van der Waals surface area contributed by atoms with Gasteiger partial charge in [0, 0.05) is 12.2 Å². The zero-order valence-corrected chi connectivity index (χ0v) is 19.0. The van der Waals surface area contributed by atoms with Crippen molar-refractivity contribution in [1.29, 1.82) is 0 Å². The van der Waals surface area contributed by atoms with E-state index in [1.807, 2.05) is 68.7 Å². The van der Waals surface area contributed by atoms with E-state index in [4.69, 9.17) is 16.3 Å². The van der Waals surface area contributed by atoms with Gasteiger partial charge in [-0.3, -0.25) is 4.79 Å². The van der Waals surface area contributed by atoms with Crippen molar-refractivity contribution in [1.82, 2.24) is 14.8 Å². The topological polar surface area (TPSA) is 69.0 Å². The second-order valence-electron chi connectivity index (χ2n) is 6.93. The number of amides is 1. The van der Waals surface area contributed by atoms with Crippen molar-refractivity contribution in [3.05, 3.63) is 64.4 Å². The highest BCUT2D eigenvalue weighted by Crippen LogP contribution is 2.29. The summed E-state index contributed by atoms with van der Waals surface area (Å²) in [5.41, 5.74) is 2.97. The summed E-state index contributed by atoms with van der Waals surface area (Å²) in [5, 5.41) is 12.8. The van der Waals surface area contributed by atoms with E-state index in [0.29, 0.717) is 28.3 Å². The minimum atomic E-state index is -0.338. The van der Waals surface area contributed by atoms with Crippen LogP contribution in [0.25, 0.3) is 0 Å². The fraction of sp³-hybridized carbons (Fsp3) is 0.318. The van der Waals surface area contributed by atoms with Crippen LogP contribution in [0, 0.1) is 13.8 Å². The Kier molecular flexibility index (Phi) is 7.39. The maximum Gasteiger partial charge on any atom is 0.234 e. The Balaban J connectivity index is 1.66. The molecule has 0 aliphatic rings. The van der Waals surface area contributed by atoms with E-state index in [0.717, 1.165) is 16.8 Å². The van der Waals surface area contributed by atoms with Crippen molar-refractivity contribution < 1.29 is 9.53 Å². The van der Waals surface area contributed by atoms with Crippen LogP contribution in [0.1, 0.15) is 36.9 Å². The molecule has 1 heterocycles. The SMILES string of the molecule is CCn1c(SCC(=O)Nc2cc(C)ccc2C)nnc1[C@@H](C)Oc1ccccc1Cl. The van der Waals surface area contributed by atoms with Crippen molar-refractivity contribution >= 4 is 35.0 Å². The number of hydrogen-bond acceptors (Lipinski definition) is 5. The minimum absolute atomic E-state index is 0.0822. The number of hydrogen-bond donors (Lipinski definition) is 1. The summed E-state index contributed by atoms with van der Waals surface area (Å²) in [7, 11) is 0. The van der Waals surface area contributed by atoms with Crippen LogP contribution in [0.15, 0.2) is 47.6 Å². The number of carbonyl (C=O) groups is 1. The standard InChI is InChI=1S/C22H25ClN4O2S/c1-5-27-21(16(4)29-19-9-7-6-8-17(19)23)25-26-22(27)30-13-20(28)24-18-12-14(2)10-11-15(18)3/h6-12,16H,5,13H2,1-4H3,(H,24,28)/t16-/m1/s1. The second-order valence-corrected chi connectivity index (χ2v) is 8.28. The van der Waals surface area contributed by atoms with Crippen LogP contribution in [-0.4, -0.2) is 26.4 Å². The lowest BCUT2D eigenvalue weighted by Gasteiger charge is -2.16. The predicted molar refractivity (Wildman–Crippen MR) is 121 cm³/mol. The molecule has 30 heavy (non-hydrogen) atoms. The summed E-state index contributed by atoms with van der Waals surface area (Å²) in [6, 6.07) is 13.3. The van der Waals surface area contributed by atoms with E-state index in [1.54, 1.807) is 6.07 Å². The number of ether oxygens (including phenoxy) is 1. The van der Waals surface area contributed by atoms with Gasteiger partial charge in [-0.05, 0) is 57.0 Å². The molecule has 0 spiro atoms. The van der Waals surface area contributed by atoms with Crippen LogP contribution >= 0.6 is 23.4 Å². The zero-order valence-electron chi connectivity index (χ0n) is 17.5. The molecule has 0 saturated carbocycles. The van der Waals surface area contributed by atoms with Crippen molar-refractivity contribution in [2.24, 2.45) is 0 Å². The molecule has 1 atom stereocenters. The summed E-state index contributed by atoms with van der Waals surface area (Å²) in [6.45, 7) is 8.56. The van der Waals surface area contributed by atoms with Crippen LogP contribution in [0.3, 0.4) is 0 Å². The van der Waals surface area contributed by atoms with Gasteiger partial charge < -0.3 is 14.6 Å². The van der Waals surface area contributed by atoms with Crippen LogP contribution in [0.4, 0.5) is 5.69 Å². The molecule has 0 saturated heterocycles. The monoisotopic (exact) mass is 444 g/mol. The zero-order chi connectivity index (χ0) is 21.7. The van der Waals surface area contributed by atoms with E-state index < -0.39 is 0 Å². The Morgan fingerprint density at radius 3 is 2.73 bits per heavy atom. The third-order valence-electron chi connectivity index (χ3n) is 4.57. The van der Waals surface area contributed by atoms with Crippen molar-refractivity contribution in [3.63, 3.8) is 0 Å². The average Bonchev–Trinajstić information content (AvgIpc) is 3.14. The van der Waals surface area contributed by atoms with E-state index >= 15 is 0 Å². The Labute approximate surface area is 186 Å². The van der Waals surface area contributed by atoms with Gasteiger partial charge >= 0.3 is 0 Å². The smallest absolute Gasteiger partial charge is 0.234 e. The molecule has 2 aromatic carbocycles. The molecule has 6 nitrogen and oxygen atoms in total. The second kappa shape index (κ2) is 10.00. The maximum absolute atomic E-state index is 12.4. The first kappa shape index (κ1) is 22.2. The van der Waals surface area contributed by atoms with Gasteiger partial charge in [0.05, 0.1) is 10.8 Å². The molecular weight excluding hydrogens is 420 g/mol. The normalized spacial score (nSPS) is 11.9. The first-order chi connectivity index (χ1) is 14.4. The third-order valence-corrected chi connectivity index (χ3v) is 5.84. The van der Waals surface area contributed by atoms with Gasteiger partial charge in [0.2, 0.25) is 5.91 Å². The predicted octanol–water partition coefficient (Wildman–Crippen LogP) is 5.44. The van der Waals surface area contributed by atoms with Crippen LogP contribution in [0.5, 0.6) is 5.75 Å². The highest BCUT2D eigenvalue weighted by atomic mass is 35.5. The molecule has 0 fully saturated rings. The van der Waals surface area contributed by atoms with Gasteiger partial charge in [-0.25, -0.2) is 0 Å². The van der Waals surface area contributed by atoms with Gasteiger partial charge in [0.1, 0.15) is 5.75 Å². The summed E-state index contributed by atoms with van der Waals surface area (Å²) < 4.78 is 7.93. The fourth-order valence-corrected chi connectivity index (χ4v) is 3.96. The molecule has 0 aliphatic heterocycles. The highest BCUT2D eigenvalue weighted by Gasteiger charge is 2.20. The van der Waals surface area contributed by atoms with Crippen LogP contribution in [0.2, 0.25) is 5.02 Å². The number of rotatable bonds is 8. The molecule has 3 rings (SSSR count). The third kappa shape index (κ3) is 5.34. The molecule has 1 amide bonds. The molecule has 8 heteroatoms. The Morgan fingerprint density at radius 2 is 2.00 bits per heavy atom. The lowest BCUT2D eigenvalue weighted by molar-refractivity contribution is -0.113. The van der Waals surface area contributed by atoms with Gasteiger partial charge in [-0.1, -0.05) is 47.6 Å². The molecule has 0 radical (unpaired) electrons. The quantitative estimate of drug-likeness (QED) is 0.468. The Hall–Kier alpha value is -2.51. The van der Waals surface area contributed by atoms with Crippen LogP contribution < -0.4 is 10.1 Å². The largest absolute Gasteiger partial charge is 0.481 e. The molecule has 0 aliphatic carbocycles. The highest BCUT2D eigenvalue weighted by molar-refractivity contribution is 7.99. The van der Waals surface area contributed by atoms with Crippen molar-refractivity contribution in [2.45, 2.75) is 45.5 Å². The summed E-state index contributed by atoms with van der Waals surface area (Å²) in [6.07, 6.45) is -0.338. The van der Waals surface area contributed by atoms with Crippen LogP contribution in [-0.2, 0) is 11.3 Å². The van der Waals surface area contributed by atoms with Crippen molar-refractivity contribution in [2.75, 3.05) is 11.1 Å². The number of para-hydroxylation sites is 1. The van der Waals surface area contributed by atoms with Gasteiger partial charge in [-0.2, -0.15) is 0 Å². The number of halogens is 1. The van der Waals surface area contributed by atoms with E-state index in [1.165, 1.54) is 11.8 Å². The number of anilines is 1. The first-order valence-electron chi connectivity index (χ1n) is 9.73. The molecule has 0 unspecified atom stereocenters. The number of nitrogens with zero attached hydrogens (tertiary/aromatic N) is 3. The number of aromatic nitrogens is 3. The number of benzene rings is 2. The van der Waals surface area contributed by atoms with Gasteiger partial charge in [-0.15, -0.1) is 10.2 Å². The number of nitrogens with one attached hydrogen (secondary N) is 1. The van der Waals surface area contributed by atoms with E-state index in [2.05, 4.69) is 15.5 Å². The molecule has 158 valence electrons. The lowest BCUT2D eigenvalue weighted by Crippen LogP contribution is -2.16. The molecule has 0 bridgehead atoms. The summed E-state index contributed by atoms with van der Waals surface area (Å²) in [4.78, 5) is 12.4. The van der Waals surface area contributed by atoms with E-state index in [9.17, 15) is 4.79 Å². The molecular formula is C22H25ClN4O2S. The van der Waals surface area contributed by atoms with E-state index in [-0.39, 0.29) is 17.8 Å². The van der Waals surface area contributed by atoms with Gasteiger partial charge in [0.25, 0.3) is 0 Å². The Morgan fingerprint density at radius 1 is 1.23 bits per heavy atom. The number of thioether (sulfide) groups is 1. The first-order valence-corrected chi connectivity index (χ1v) is 11.1. The Bertz CT molecular complexity index is 1040. The van der Waals surface area contributed by atoms with Crippen molar-refractivity contribution in [3.8, 4) is 5.75 Å². The van der Waals surface area contributed by atoms with Gasteiger partial charge in [0.15, 0.2) is 17.1 Å². The molecule has 1 N–H and O–H groups in total. The molecule has 3 aromatic rings. The summed E-state index contributed by atoms with van der Waals surface area (Å²) in [5.74, 6) is 1.45. The number of aryl methyl sites for hydroxylation is 2. The fourth-order valence-electron chi connectivity index (χ4n) is 2.98. The average molecular weight is 445 g/mol. The minimum Gasteiger partial charge on any atom is -0.481 e. The number of carbonyl (C=O) groups excluding carboxylic acids is 1.